The summed E-state index contributed by atoms with van der Waals surface area (Å²) in [5.74, 6) is 6.08. The van der Waals surface area contributed by atoms with Gasteiger partial charge in [-0.1, -0.05) is 228 Å². The molecule has 5 heterocycles. The number of aliphatic imine (C=N–C) groups is 1. The van der Waals surface area contributed by atoms with Crippen LogP contribution in [0.25, 0.3) is 0 Å². The number of hydrogen-bond donors (Lipinski definition) is 4. The van der Waals surface area contributed by atoms with E-state index in [0.717, 1.165) is 109 Å². The summed E-state index contributed by atoms with van der Waals surface area (Å²) in [5, 5.41) is 23.9. The second kappa shape index (κ2) is 72.9. The van der Waals surface area contributed by atoms with Crippen LogP contribution in [0.1, 0.15) is 102 Å². The number of thioether (sulfide) groups is 5. The number of aliphatic hydroxyl groups excluding tert-OH is 1. The number of nitrogens with two attached hydrogens (primary N) is 1. The van der Waals surface area contributed by atoms with Gasteiger partial charge in [0.15, 0.2) is 37.5 Å². The van der Waals surface area contributed by atoms with E-state index in [9.17, 15) is 9.59 Å². The van der Waals surface area contributed by atoms with E-state index in [-0.39, 0.29) is 61.2 Å². The summed E-state index contributed by atoms with van der Waals surface area (Å²) < 4.78 is 116. The third-order valence-corrected chi connectivity index (χ3v) is 21.6. The number of aliphatic hydroxyl groups is 1. The molecule has 0 bridgehead atoms. The van der Waals surface area contributed by atoms with Gasteiger partial charge in [-0.25, -0.2) is 4.79 Å². The topological polar surface area (TPSA) is 251 Å². The second-order valence-electron chi connectivity index (χ2n) is 23.4. The molecule has 0 unspecified atom stereocenters. The third kappa shape index (κ3) is 51.0. The molecule has 13 rings (SSSR count). The first kappa shape index (κ1) is 119. The van der Waals surface area contributed by atoms with Crippen molar-refractivity contribution in [3.05, 3.63) is 353 Å². The first-order valence-corrected chi connectivity index (χ1v) is 42.8. The van der Waals surface area contributed by atoms with E-state index in [1.807, 2.05) is 146 Å². The van der Waals surface area contributed by atoms with Crippen LogP contribution in [0, 0.1) is 34.6 Å². The zero-order chi connectivity index (χ0) is 88.1. The van der Waals surface area contributed by atoms with Crippen molar-refractivity contribution in [1.82, 2.24) is 0 Å². The van der Waals surface area contributed by atoms with Gasteiger partial charge in [0.25, 0.3) is 5.97 Å². The van der Waals surface area contributed by atoms with Crippen LogP contribution in [0.2, 0.25) is 0 Å². The van der Waals surface area contributed by atoms with Crippen molar-refractivity contribution < 1.29 is 151 Å². The zero-order valence-electron chi connectivity index (χ0n) is 68.2. The van der Waals surface area contributed by atoms with Crippen molar-refractivity contribution in [3.8, 4) is 0 Å². The van der Waals surface area contributed by atoms with Gasteiger partial charge < -0.3 is 49.5 Å². The number of benzene rings is 8. The maximum absolute atomic E-state index is 11.2. The average molecular weight is 2050 g/mol. The number of anilines is 2. The van der Waals surface area contributed by atoms with Gasteiger partial charge in [-0.05, 0) is 224 Å². The molecule has 16 nitrogen and oxygen atoms in total. The molecule has 3 radical (unpaired) electrons. The summed E-state index contributed by atoms with van der Waals surface area (Å²) in [7, 11) is 1.34. The average Bonchev–Trinajstić information content (AvgIpc) is 1.74. The standard InChI is InChI=1S/C19H18BrNOS.C19H16BrNOS.C14H14O3S.C13H14O2S.C13H12O2S.C6H6BrN.C2H4O2.B.4F2.2FH.Mn.Na.2O.H/c2*1-14-4-2-3-5-15(14)13-23-19-11-10-18(22-19)12-21-17-8-6-16(20)7-9-17;1-10-5-3-4-6-11(10)9-18-13-8-7-12(17-13)14(15)16-2;2*1-10-4-2-3-5-11(10)9-16-13-7-6-12(8-14)15-13;7-5-1-3-6(8)4-2-5;1-2(3)4;;4*1-2;;;;;;;/h2-11,21H,12-13H2,1H3;2-12H,13H2,1H3;3-8H,9H2,1-2H3;2-7,14H,8-9H2,1H3;2-8H,9H2,1H3;1-4H,8H2;1H3,(H,3,4);;;;;;2*1H;;;;;/q;;;;;;;;;;;;;;;+1;;;-1. The predicted octanol–water partition coefficient (Wildman–Crippen LogP) is 25.7. The molecule has 8 aromatic carbocycles. The number of esters is 1. The van der Waals surface area contributed by atoms with Crippen LogP contribution in [0.4, 0.5) is 63.1 Å². The Balaban J connectivity index is -0.000000679. The Morgan fingerprint density at radius 3 is 1.08 bits per heavy atom. The van der Waals surface area contributed by atoms with Crippen molar-refractivity contribution in [2.75, 3.05) is 18.2 Å². The van der Waals surface area contributed by atoms with Crippen molar-refractivity contribution in [1.29, 1.82) is 0 Å². The fraction of sp³-hybridized carbons (Fsp3) is 0.163. The number of nitrogens with one attached hydrogen (secondary N) is 1. The molecule has 0 amide bonds. The molecular formula is C86H87BBr3F10MnN3NaO13S5. The van der Waals surface area contributed by atoms with Gasteiger partial charge in [-0.3, -0.25) is 24.0 Å². The van der Waals surface area contributed by atoms with E-state index in [1.54, 1.807) is 89.3 Å². The Labute approximate surface area is 784 Å². The summed E-state index contributed by atoms with van der Waals surface area (Å²) in [6.45, 7) is 12.3. The molecule has 0 fully saturated rings. The number of halogens is 13. The minimum absolute atomic E-state index is 0. The fourth-order valence-electron chi connectivity index (χ4n) is 9.11. The van der Waals surface area contributed by atoms with E-state index >= 15 is 0 Å². The summed E-state index contributed by atoms with van der Waals surface area (Å²) in [6.07, 6.45) is 2.47. The Kier molecular flexibility index (Phi) is 70.4. The monoisotopic (exact) mass is 2050 g/mol. The first-order chi connectivity index (χ1) is 57.6. The van der Waals surface area contributed by atoms with Crippen LogP contribution < -0.4 is 40.6 Å². The number of methoxy groups -OCH3 is 1. The summed E-state index contributed by atoms with van der Waals surface area (Å²) >= 11 is 16.9. The number of ether oxygens (including phenoxy) is 1. The van der Waals surface area contributed by atoms with Crippen LogP contribution in [0.15, 0.2) is 321 Å². The molecule has 0 aliphatic heterocycles. The molecule has 5 N–H and O–H groups in total. The molecule has 0 spiro atoms. The Hall–Kier alpha value is -8.33. The van der Waals surface area contributed by atoms with Crippen molar-refractivity contribution in [2.45, 2.75) is 109 Å². The van der Waals surface area contributed by atoms with Gasteiger partial charge in [0.1, 0.15) is 23.9 Å². The molecule has 13 aromatic rings. The number of nitrogen functional groups attached to an aromatic ring is 1. The number of carbonyl (C=O) groups excluding carboxylic acids is 2. The molecule has 0 saturated heterocycles. The van der Waals surface area contributed by atoms with Crippen molar-refractivity contribution in [2.24, 2.45) is 4.99 Å². The van der Waals surface area contributed by atoms with Gasteiger partial charge in [-0.2, -0.15) is 0 Å². The van der Waals surface area contributed by atoms with Gasteiger partial charge in [-0.15, -0.1) is 0 Å². The number of carboxylic acids is 1. The quantitative estimate of drug-likeness (QED) is 0.00883. The summed E-state index contributed by atoms with van der Waals surface area (Å²) in [4.78, 5) is 35.1. The normalized spacial score (nSPS) is 9.42. The molecule has 0 aliphatic carbocycles. The number of hydrogen-bond acceptors (Lipinski definition) is 20. The Morgan fingerprint density at radius 2 is 0.756 bits per heavy atom. The number of rotatable bonds is 23. The number of carboxylic acid groups (broad SMARTS) is 1. The Bertz CT molecular complexity index is 5030. The SMILES string of the molecule is CC(=O)O.COC(=O)c1ccc(SCc2ccccc2C)o1.Cc1ccccc1CSc1ccc(C=Nc2ccc(Br)cc2)o1.Cc1ccccc1CSc1ccc(C=O)o1.Cc1ccccc1CSc1ccc(CNc2ccc(Br)cc2)o1.Cc1ccccc1CSc1ccc(CO)o1.F.F.FF.FF.FF.FF.Nc1ccc(Br)cc1.[B].[H-].[Na+].[O]=[Mn]=[O]. The van der Waals surface area contributed by atoms with Crippen LogP contribution in [-0.2, 0) is 73.9 Å². The van der Waals surface area contributed by atoms with Crippen LogP contribution in [-0.4, -0.2) is 50.2 Å². The van der Waals surface area contributed by atoms with Gasteiger partial charge in [0, 0.05) is 105 Å². The number of aldehydes is 1. The molecule has 5 aromatic heterocycles. The molecule has 37 heteroatoms. The van der Waals surface area contributed by atoms with Crippen LogP contribution in [0.3, 0.4) is 0 Å². The molecule has 0 atom stereocenters. The number of nitrogens with zero attached hydrogens (tertiary/aromatic N) is 1. The Morgan fingerprint density at radius 1 is 0.463 bits per heavy atom. The van der Waals surface area contributed by atoms with Crippen molar-refractivity contribution in [3.63, 3.8) is 0 Å². The van der Waals surface area contributed by atoms with Crippen LogP contribution in [0.5, 0.6) is 0 Å². The molecular weight excluding hydrogens is 1960 g/mol. The number of aryl methyl sites for hydroxylation is 5. The number of carbonyl (C=O) groups is 3. The molecule has 0 aliphatic rings. The number of furan rings is 5. The maximum atomic E-state index is 11.2. The summed E-state index contributed by atoms with van der Waals surface area (Å²) in [5.41, 5.74) is 21.2. The first-order valence-electron chi connectivity index (χ1n) is 34.6. The number of aliphatic carboxylic acids is 1. The van der Waals surface area contributed by atoms with E-state index in [2.05, 4.69) is 182 Å². The second-order valence-corrected chi connectivity index (χ2v) is 31.3. The van der Waals surface area contributed by atoms with Gasteiger partial charge in [0.2, 0.25) is 5.76 Å². The molecule has 656 valence electrons. The zero-order valence-corrected chi connectivity index (χ0v) is 79.3. The molecule has 0 saturated carbocycles. The van der Waals surface area contributed by atoms with E-state index in [1.165, 1.54) is 62.7 Å². The molecule has 123 heavy (non-hydrogen) atoms. The fourth-order valence-corrected chi connectivity index (χ4v) is 14.6. The van der Waals surface area contributed by atoms with E-state index < -0.39 is 26.8 Å². The van der Waals surface area contributed by atoms with Crippen molar-refractivity contribution >= 4 is 157 Å². The van der Waals surface area contributed by atoms with E-state index in [4.69, 9.17) is 87.1 Å². The third-order valence-electron chi connectivity index (χ3n) is 15.2. The van der Waals surface area contributed by atoms with E-state index in [0.29, 0.717) is 18.1 Å². The van der Waals surface area contributed by atoms with Gasteiger partial charge in [0.05, 0.1) is 25.6 Å². The minimum atomic E-state index is -1.44. The van der Waals surface area contributed by atoms with Crippen LogP contribution >= 0.6 is 107 Å². The predicted molar refractivity (Wildman–Crippen MR) is 477 cm³/mol. The van der Waals surface area contributed by atoms with Gasteiger partial charge >= 0.3 is 58.0 Å². The summed E-state index contributed by atoms with van der Waals surface area (Å²) in [6, 6.07) is 83.8.